The van der Waals surface area contributed by atoms with Crippen LogP contribution in [0.3, 0.4) is 0 Å². The molecule has 1 aromatic carbocycles. The van der Waals surface area contributed by atoms with E-state index >= 15 is 0 Å². The number of carbonyl (C=O) groups is 1. The summed E-state index contributed by atoms with van der Waals surface area (Å²) in [6, 6.07) is 4.31. The molecule has 7 nitrogen and oxygen atoms in total. The second-order valence-corrected chi connectivity index (χ2v) is 4.87. The minimum Gasteiger partial charge on any atom is -0.497 e. The van der Waals surface area contributed by atoms with Gasteiger partial charge in [-0.15, -0.1) is 0 Å². The van der Waals surface area contributed by atoms with E-state index in [2.05, 4.69) is 0 Å². The molecular formula is C14H12ClNO6. The van der Waals surface area contributed by atoms with Crippen LogP contribution >= 0.6 is 11.6 Å². The molecule has 0 spiro atoms. The summed E-state index contributed by atoms with van der Waals surface area (Å²) < 4.78 is 10.4. The Labute approximate surface area is 130 Å². The number of rotatable bonds is 5. The fraction of sp³-hybridized carbons (Fsp3) is 0.214. The van der Waals surface area contributed by atoms with E-state index in [9.17, 15) is 20.0 Å². The van der Waals surface area contributed by atoms with Crippen molar-refractivity contribution < 1.29 is 24.3 Å². The van der Waals surface area contributed by atoms with Gasteiger partial charge in [0.1, 0.15) is 11.5 Å². The molecule has 0 radical (unpaired) electrons. The van der Waals surface area contributed by atoms with Crippen LogP contribution in [0.1, 0.15) is 0 Å². The first kappa shape index (κ1) is 15.8. The number of hydrogen-bond acceptors (Lipinski definition) is 5. The zero-order valence-corrected chi connectivity index (χ0v) is 12.2. The minimum atomic E-state index is -2.27. The van der Waals surface area contributed by atoms with E-state index in [4.69, 9.17) is 21.1 Å². The monoisotopic (exact) mass is 325 g/mol. The first-order valence-corrected chi connectivity index (χ1v) is 6.54. The van der Waals surface area contributed by atoms with Crippen LogP contribution in [0.4, 0.5) is 0 Å². The lowest BCUT2D eigenvalue weighted by Crippen LogP contribution is -2.52. The number of allylic oxidation sites excluding steroid dienone is 2. The summed E-state index contributed by atoms with van der Waals surface area (Å²) in [4.78, 5) is 22.0. The third kappa shape index (κ3) is 2.75. The number of aliphatic carboxylic acids is 1. The fourth-order valence-corrected chi connectivity index (χ4v) is 2.26. The quantitative estimate of drug-likeness (QED) is 0.507. The van der Waals surface area contributed by atoms with Crippen molar-refractivity contribution in [1.29, 1.82) is 0 Å². The maximum Gasteiger partial charge on any atom is 0.400 e. The summed E-state index contributed by atoms with van der Waals surface area (Å²) in [6.07, 6.45) is 5.06. The Morgan fingerprint density at radius 2 is 2.18 bits per heavy atom. The standard InChI is InChI=1S/C14H12ClNO6/c1-21-9-5-6-12(11(15)8-9)22-14(16(19)20)7-3-2-4-10(14)13(17)18/h2-8,10H,1H3,(H,17,18). The highest BCUT2D eigenvalue weighted by Gasteiger charge is 2.55. The Kier molecular flexibility index (Phi) is 4.37. The zero-order valence-electron chi connectivity index (χ0n) is 11.4. The predicted molar refractivity (Wildman–Crippen MR) is 77.8 cm³/mol. The average molecular weight is 326 g/mol. The van der Waals surface area contributed by atoms with Gasteiger partial charge in [0.2, 0.25) is 0 Å². The number of methoxy groups -OCH3 is 1. The van der Waals surface area contributed by atoms with Gasteiger partial charge in [-0.25, -0.2) is 0 Å². The number of carboxylic acids is 1. The Balaban J connectivity index is 2.45. The molecule has 22 heavy (non-hydrogen) atoms. The van der Waals surface area contributed by atoms with Gasteiger partial charge in [0, 0.05) is 12.1 Å². The van der Waals surface area contributed by atoms with Crippen molar-refractivity contribution >= 4 is 17.6 Å². The van der Waals surface area contributed by atoms with E-state index in [1.807, 2.05) is 0 Å². The lowest BCUT2D eigenvalue weighted by atomic mass is 9.91. The molecular weight excluding hydrogens is 314 g/mol. The van der Waals surface area contributed by atoms with E-state index < -0.39 is 22.5 Å². The van der Waals surface area contributed by atoms with Crippen LogP contribution in [-0.2, 0) is 4.79 Å². The van der Waals surface area contributed by atoms with Crippen LogP contribution in [0.25, 0.3) is 0 Å². The lowest BCUT2D eigenvalue weighted by Gasteiger charge is -2.28. The Morgan fingerprint density at radius 3 is 2.73 bits per heavy atom. The molecule has 116 valence electrons. The van der Waals surface area contributed by atoms with Crippen LogP contribution in [0, 0.1) is 16.0 Å². The van der Waals surface area contributed by atoms with Crippen molar-refractivity contribution in [2.24, 2.45) is 5.92 Å². The van der Waals surface area contributed by atoms with E-state index in [0.717, 1.165) is 6.08 Å². The third-order valence-electron chi connectivity index (χ3n) is 3.16. The summed E-state index contributed by atoms with van der Waals surface area (Å²) >= 11 is 6.00. The first-order chi connectivity index (χ1) is 10.4. The van der Waals surface area contributed by atoms with Crippen molar-refractivity contribution in [3.8, 4) is 11.5 Å². The van der Waals surface area contributed by atoms with E-state index in [1.165, 1.54) is 43.5 Å². The third-order valence-corrected chi connectivity index (χ3v) is 3.45. The van der Waals surface area contributed by atoms with Crippen molar-refractivity contribution in [3.05, 3.63) is 57.6 Å². The number of carboxylic acid groups (broad SMARTS) is 1. The maximum absolute atomic E-state index is 11.5. The van der Waals surface area contributed by atoms with Crippen LogP contribution in [-0.4, -0.2) is 28.8 Å². The summed E-state index contributed by atoms with van der Waals surface area (Å²) in [7, 11) is 1.44. The normalized spacial score (nSPS) is 23.1. The zero-order chi connectivity index (χ0) is 16.3. The molecule has 2 rings (SSSR count). The SMILES string of the molecule is COc1ccc(OC2([N+](=O)[O-])C=CC=CC2C(=O)O)c(Cl)c1. The van der Waals surface area contributed by atoms with Gasteiger partial charge >= 0.3 is 11.7 Å². The fourth-order valence-electron chi connectivity index (χ4n) is 2.05. The molecule has 2 unspecified atom stereocenters. The van der Waals surface area contributed by atoms with Crippen molar-refractivity contribution in [3.63, 3.8) is 0 Å². The molecule has 1 N–H and O–H groups in total. The summed E-state index contributed by atoms with van der Waals surface area (Å²) in [5.74, 6) is -2.42. The van der Waals surface area contributed by atoms with Crippen LogP contribution in [0.2, 0.25) is 5.02 Å². The van der Waals surface area contributed by atoms with Gasteiger partial charge in [-0.1, -0.05) is 29.8 Å². The maximum atomic E-state index is 11.5. The van der Waals surface area contributed by atoms with E-state index in [-0.39, 0.29) is 10.8 Å². The van der Waals surface area contributed by atoms with Gasteiger partial charge in [0.15, 0.2) is 5.92 Å². The smallest absolute Gasteiger partial charge is 0.400 e. The molecule has 8 heteroatoms. The Bertz CT molecular complexity index is 671. The molecule has 0 fully saturated rings. The van der Waals surface area contributed by atoms with Crippen molar-refractivity contribution in [2.45, 2.75) is 5.72 Å². The van der Waals surface area contributed by atoms with Gasteiger partial charge in [0.05, 0.1) is 17.1 Å². The molecule has 2 atom stereocenters. The number of ether oxygens (including phenoxy) is 2. The van der Waals surface area contributed by atoms with Gasteiger partial charge in [-0.05, 0) is 12.1 Å². The molecule has 0 heterocycles. The summed E-state index contributed by atoms with van der Waals surface area (Å²) in [5, 5.41) is 20.8. The number of benzene rings is 1. The second-order valence-electron chi connectivity index (χ2n) is 4.47. The number of hydrogen-bond donors (Lipinski definition) is 1. The van der Waals surface area contributed by atoms with Crippen molar-refractivity contribution in [2.75, 3.05) is 7.11 Å². The molecule has 0 aliphatic heterocycles. The molecule has 0 saturated carbocycles. The molecule has 1 aliphatic rings. The van der Waals surface area contributed by atoms with Crippen LogP contribution in [0.5, 0.6) is 11.5 Å². The second kappa shape index (κ2) is 6.07. The largest absolute Gasteiger partial charge is 0.497 e. The molecule has 0 amide bonds. The minimum absolute atomic E-state index is 0.00892. The number of halogens is 1. The van der Waals surface area contributed by atoms with Crippen LogP contribution < -0.4 is 9.47 Å². The van der Waals surface area contributed by atoms with Gasteiger partial charge in [-0.3, -0.25) is 14.9 Å². The van der Waals surface area contributed by atoms with Gasteiger partial charge < -0.3 is 14.6 Å². The Morgan fingerprint density at radius 1 is 1.45 bits per heavy atom. The molecule has 0 saturated heterocycles. The topological polar surface area (TPSA) is 98.9 Å². The molecule has 0 aromatic heterocycles. The predicted octanol–water partition coefficient (Wildman–Crippen LogP) is 2.53. The van der Waals surface area contributed by atoms with Crippen molar-refractivity contribution in [1.82, 2.24) is 0 Å². The number of nitro groups is 1. The van der Waals surface area contributed by atoms with Crippen LogP contribution in [0.15, 0.2) is 42.5 Å². The highest BCUT2D eigenvalue weighted by molar-refractivity contribution is 6.32. The lowest BCUT2D eigenvalue weighted by molar-refractivity contribution is -0.605. The van der Waals surface area contributed by atoms with E-state index in [1.54, 1.807) is 0 Å². The average Bonchev–Trinajstić information content (AvgIpc) is 2.49. The highest BCUT2D eigenvalue weighted by atomic mass is 35.5. The molecule has 1 aliphatic carbocycles. The first-order valence-electron chi connectivity index (χ1n) is 6.16. The van der Waals surface area contributed by atoms with Gasteiger partial charge in [0.25, 0.3) is 0 Å². The highest BCUT2D eigenvalue weighted by Crippen LogP contribution is 2.36. The summed E-state index contributed by atoms with van der Waals surface area (Å²) in [6.45, 7) is 0. The number of nitrogens with zero attached hydrogens (tertiary/aromatic N) is 1. The van der Waals surface area contributed by atoms with Gasteiger partial charge in [-0.2, -0.15) is 0 Å². The molecule has 0 bridgehead atoms. The molecule has 1 aromatic rings. The summed E-state index contributed by atoms with van der Waals surface area (Å²) in [5.41, 5.74) is -2.27. The van der Waals surface area contributed by atoms with E-state index in [0.29, 0.717) is 5.75 Å². The Hall–Kier alpha value is -2.54.